The van der Waals surface area contributed by atoms with Crippen molar-refractivity contribution in [3.8, 4) is 0 Å². The van der Waals surface area contributed by atoms with E-state index in [2.05, 4.69) is 30.7 Å². The van der Waals surface area contributed by atoms with Crippen LogP contribution in [0.3, 0.4) is 0 Å². The molecule has 0 aliphatic heterocycles. The van der Waals surface area contributed by atoms with Crippen LogP contribution < -0.4 is 0 Å². The van der Waals surface area contributed by atoms with Crippen LogP contribution in [0.25, 0.3) is 0 Å². The van der Waals surface area contributed by atoms with Crippen molar-refractivity contribution >= 4 is 15.9 Å². The molecule has 1 aliphatic carbocycles. The average Bonchev–Trinajstić information content (AvgIpc) is 2.58. The molecule has 0 bridgehead atoms. The van der Waals surface area contributed by atoms with E-state index in [0.717, 1.165) is 4.73 Å². The van der Waals surface area contributed by atoms with Crippen LogP contribution in [0.1, 0.15) is 18.9 Å². The van der Waals surface area contributed by atoms with E-state index < -0.39 is 0 Å². The van der Waals surface area contributed by atoms with Gasteiger partial charge in [0.15, 0.2) is 4.73 Å². The van der Waals surface area contributed by atoms with Crippen molar-refractivity contribution in [1.82, 2.24) is 14.8 Å². The molecule has 1 saturated carbocycles. The number of aromatic nitrogens is 3. The van der Waals surface area contributed by atoms with E-state index in [4.69, 9.17) is 0 Å². The number of hydrogen-bond acceptors (Lipinski definition) is 2. The molecule has 1 aromatic rings. The van der Waals surface area contributed by atoms with Gasteiger partial charge in [-0.2, -0.15) is 0 Å². The van der Waals surface area contributed by atoms with Gasteiger partial charge in [0.05, 0.1) is 0 Å². The summed E-state index contributed by atoms with van der Waals surface area (Å²) in [5, 5.41) is 7.56. The maximum atomic E-state index is 3.81. The third-order valence-electron chi connectivity index (χ3n) is 1.47. The van der Waals surface area contributed by atoms with E-state index in [9.17, 15) is 0 Å². The standard InChI is InChI=1S/C5H6BrN3/c6-5-8-7-3-9(5)4-1-2-4/h3-4H,1-2H2. The second kappa shape index (κ2) is 1.80. The highest BCUT2D eigenvalue weighted by atomic mass is 79.9. The molecule has 0 amide bonds. The van der Waals surface area contributed by atoms with Crippen molar-refractivity contribution in [1.29, 1.82) is 0 Å². The Balaban J connectivity index is 2.35. The SMILES string of the molecule is Brc1nncn1C1CC1. The summed E-state index contributed by atoms with van der Waals surface area (Å²) < 4.78 is 2.91. The van der Waals surface area contributed by atoms with Crippen LogP contribution in [0.2, 0.25) is 0 Å². The predicted octanol–water partition coefficient (Wildman–Crippen LogP) is 1.38. The molecule has 0 spiro atoms. The van der Waals surface area contributed by atoms with E-state index in [1.807, 2.05) is 0 Å². The summed E-state index contributed by atoms with van der Waals surface area (Å²) in [5.74, 6) is 0. The van der Waals surface area contributed by atoms with Crippen LogP contribution in [-0.2, 0) is 0 Å². The second-order valence-corrected chi connectivity index (χ2v) is 2.95. The van der Waals surface area contributed by atoms with Gasteiger partial charge >= 0.3 is 0 Å². The summed E-state index contributed by atoms with van der Waals surface area (Å²) >= 11 is 3.30. The Hall–Kier alpha value is -0.380. The summed E-state index contributed by atoms with van der Waals surface area (Å²) in [5.41, 5.74) is 0. The second-order valence-electron chi connectivity index (χ2n) is 2.24. The zero-order chi connectivity index (χ0) is 6.27. The molecule has 0 aromatic carbocycles. The highest BCUT2D eigenvalue weighted by Gasteiger charge is 2.24. The zero-order valence-electron chi connectivity index (χ0n) is 4.79. The minimum atomic E-state index is 0.675. The molecular formula is C5H6BrN3. The lowest BCUT2D eigenvalue weighted by Crippen LogP contribution is -1.90. The fraction of sp³-hybridized carbons (Fsp3) is 0.600. The van der Waals surface area contributed by atoms with Gasteiger partial charge in [-0.1, -0.05) is 0 Å². The molecule has 9 heavy (non-hydrogen) atoms. The van der Waals surface area contributed by atoms with Crippen molar-refractivity contribution in [2.45, 2.75) is 18.9 Å². The predicted molar refractivity (Wildman–Crippen MR) is 36.0 cm³/mol. The fourth-order valence-electron chi connectivity index (χ4n) is 0.826. The van der Waals surface area contributed by atoms with Gasteiger partial charge in [0, 0.05) is 6.04 Å². The Morgan fingerprint density at radius 2 is 2.44 bits per heavy atom. The Morgan fingerprint density at radius 3 is 2.89 bits per heavy atom. The van der Waals surface area contributed by atoms with Gasteiger partial charge in [-0.15, -0.1) is 10.2 Å². The van der Waals surface area contributed by atoms with Gasteiger partial charge in [0.25, 0.3) is 0 Å². The molecule has 2 rings (SSSR count). The van der Waals surface area contributed by atoms with E-state index in [1.165, 1.54) is 12.8 Å². The van der Waals surface area contributed by atoms with E-state index in [0.29, 0.717) is 6.04 Å². The molecule has 1 aromatic heterocycles. The monoisotopic (exact) mass is 187 g/mol. The molecule has 1 aliphatic rings. The minimum absolute atomic E-state index is 0.675. The summed E-state index contributed by atoms with van der Waals surface area (Å²) in [6.45, 7) is 0. The van der Waals surface area contributed by atoms with Crippen LogP contribution in [0.15, 0.2) is 11.1 Å². The molecule has 48 valence electrons. The lowest BCUT2D eigenvalue weighted by Gasteiger charge is -1.94. The molecular weight excluding hydrogens is 182 g/mol. The normalized spacial score (nSPS) is 18.3. The van der Waals surface area contributed by atoms with Gasteiger partial charge in [-0.3, -0.25) is 0 Å². The topological polar surface area (TPSA) is 30.7 Å². The Morgan fingerprint density at radius 1 is 1.67 bits per heavy atom. The first-order valence-corrected chi connectivity index (χ1v) is 3.72. The summed E-state index contributed by atoms with van der Waals surface area (Å²) in [6.07, 6.45) is 4.31. The highest BCUT2D eigenvalue weighted by molar-refractivity contribution is 9.10. The first-order valence-electron chi connectivity index (χ1n) is 2.93. The van der Waals surface area contributed by atoms with Gasteiger partial charge in [-0.25, -0.2) is 0 Å². The molecule has 4 heteroatoms. The molecule has 0 N–H and O–H groups in total. The Bertz CT molecular complexity index is 216. The van der Waals surface area contributed by atoms with Crippen molar-refractivity contribution in [3.05, 3.63) is 11.1 Å². The van der Waals surface area contributed by atoms with Crippen molar-refractivity contribution < 1.29 is 0 Å². The van der Waals surface area contributed by atoms with Crippen LogP contribution in [0, 0.1) is 0 Å². The smallest absolute Gasteiger partial charge is 0.200 e. The van der Waals surface area contributed by atoms with Gasteiger partial charge < -0.3 is 4.57 Å². The quantitative estimate of drug-likeness (QED) is 0.666. The number of halogens is 1. The third kappa shape index (κ3) is 0.871. The van der Waals surface area contributed by atoms with Crippen LogP contribution in [-0.4, -0.2) is 14.8 Å². The molecule has 0 radical (unpaired) electrons. The summed E-state index contributed by atoms with van der Waals surface area (Å²) in [4.78, 5) is 0. The molecule has 0 unspecified atom stereocenters. The third-order valence-corrected chi connectivity index (χ3v) is 2.04. The summed E-state index contributed by atoms with van der Waals surface area (Å²) in [6, 6.07) is 0.675. The first kappa shape index (κ1) is 5.41. The largest absolute Gasteiger partial charge is 0.305 e. The van der Waals surface area contributed by atoms with Crippen LogP contribution >= 0.6 is 15.9 Å². The lowest BCUT2D eigenvalue weighted by atomic mass is 10.7. The van der Waals surface area contributed by atoms with Gasteiger partial charge in [0.1, 0.15) is 6.33 Å². The van der Waals surface area contributed by atoms with E-state index in [-0.39, 0.29) is 0 Å². The molecule has 0 saturated heterocycles. The van der Waals surface area contributed by atoms with Gasteiger partial charge in [0.2, 0.25) is 0 Å². The molecule has 0 atom stereocenters. The lowest BCUT2D eigenvalue weighted by molar-refractivity contribution is 0.719. The maximum absolute atomic E-state index is 3.81. The highest BCUT2D eigenvalue weighted by Crippen LogP contribution is 2.36. The summed E-state index contributed by atoms with van der Waals surface area (Å²) in [7, 11) is 0. The van der Waals surface area contributed by atoms with Crippen molar-refractivity contribution in [2.75, 3.05) is 0 Å². The molecule has 1 fully saturated rings. The number of nitrogens with zero attached hydrogens (tertiary/aromatic N) is 3. The average molecular weight is 188 g/mol. The minimum Gasteiger partial charge on any atom is -0.305 e. The molecule has 1 heterocycles. The van der Waals surface area contributed by atoms with Crippen LogP contribution in [0.4, 0.5) is 0 Å². The van der Waals surface area contributed by atoms with Crippen molar-refractivity contribution in [2.24, 2.45) is 0 Å². The van der Waals surface area contributed by atoms with E-state index >= 15 is 0 Å². The molecule has 3 nitrogen and oxygen atoms in total. The fourth-order valence-corrected chi connectivity index (χ4v) is 1.30. The van der Waals surface area contributed by atoms with E-state index in [1.54, 1.807) is 6.33 Å². The number of hydrogen-bond donors (Lipinski definition) is 0. The van der Waals surface area contributed by atoms with Gasteiger partial charge in [-0.05, 0) is 28.8 Å². The Labute approximate surface area is 61.2 Å². The Kier molecular flexibility index (Phi) is 1.08. The maximum Gasteiger partial charge on any atom is 0.200 e. The first-order chi connectivity index (χ1) is 4.38. The number of rotatable bonds is 1. The zero-order valence-corrected chi connectivity index (χ0v) is 6.37. The van der Waals surface area contributed by atoms with Crippen molar-refractivity contribution in [3.63, 3.8) is 0 Å². The van der Waals surface area contributed by atoms with Crippen LogP contribution in [0.5, 0.6) is 0 Å².